The Morgan fingerprint density at radius 3 is 2.68 bits per heavy atom. The van der Waals surface area contributed by atoms with E-state index in [2.05, 4.69) is 0 Å². The molecule has 2 atom stereocenters. The maximum atomic E-state index is 12.8. The van der Waals surface area contributed by atoms with E-state index < -0.39 is 36.6 Å². The predicted octanol–water partition coefficient (Wildman–Crippen LogP) is 3.68. The number of hydrogen-bond acceptors (Lipinski definition) is 4. The van der Waals surface area contributed by atoms with E-state index in [1.165, 1.54) is 14.0 Å². The molecule has 1 aliphatic rings. The fourth-order valence-corrected chi connectivity index (χ4v) is 3.75. The number of likely N-dealkylation sites (tertiary alicyclic amines) is 1. The van der Waals surface area contributed by atoms with E-state index in [4.69, 9.17) is 16.3 Å². The van der Waals surface area contributed by atoms with E-state index in [0.29, 0.717) is 30.0 Å². The molecule has 1 saturated heterocycles. The molecule has 0 aromatic heterocycles. The molecule has 0 N–H and O–H groups in total. The normalized spacial score (nSPS) is 19.1. The number of alkyl halides is 3. The van der Waals surface area contributed by atoms with Crippen LogP contribution >= 0.6 is 11.6 Å². The number of amides is 1. The van der Waals surface area contributed by atoms with Crippen LogP contribution in [0, 0.1) is 5.92 Å². The molecule has 0 radical (unpaired) electrons. The number of ether oxygens (including phenoxy) is 1. The zero-order valence-electron chi connectivity index (χ0n) is 15.8. The molecule has 5 nitrogen and oxygen atoms in total. The van der Waals surface area contributed by atoms with Crippen LogP contribution < -0.4 is 0 Å². The van der Waals surface area contributed by atoms with E-state index in [1.54, 1.807) is 29.2 Å². The maximum Gasteiger partial charge on any atom is 0.406 e. The third-order valence-corrected chi connectivity index (χ3v) is 5.05. The highest BCUT2D eigenvalue weighted by Crippen LogP contribution is 2.30. The number of nitrogens with zero attached hydrogens (tertiary/aromatic N) is 2. The fourth-order valence-electron chi connectivity index (χ4n) is 3.55. The lowest BCUT2D eigenvalue weighted by molar-refractivity contribution is -0.165. The van der Waals surface area contributed by atoms with E-state index in [-0.39, 0.29) is 13.1 Å². The van der Waals surface area contributed by atoms with Gasteiger partial charge in [0.05, 0.1) is 13.0 Å². The van der Waals surface area contributed by atoms with E-state index in [1.807, 2.05) is 0 Å². The van der Waals surface area contributed by atoms with Crippen LogP contribution in [0.4, 0.5) is 13.2 Å². The minimum Gasteiger partial charge on any atom is -0.468 e. The van der Waals surface area contributed by atoms with Gasteiger partial charge in [0, 0.05) is 18.1 Å². The third kappa shape index (κ3) is 5.85. The Bertz CT molecular complexity index is 699. The third-order valence-electron chi connectivity index (χ3n) is 4.82. The van der Waals surface area contributed by atoms with Gasteiger partial charge in [0.15, 0.2) is 0 Å². The monoisotopic (exact) mass is 420 g/mol. The smallest absolute Gasteiger partial charge is 0.406 e. The number of carbonyl (C=O) groups excluding carboxylic acids is 2. The number of hydrogen-bond donors (Lipinski definition) is 0. The molecule has 0 unspecified atom stereocenters. The zero-order chi connectivity index (χ0) is 20.9. The molecule has 2 rings (SSSR count). The molecule has 1 aromatic carbocycles. The second kappa shape index (κ2) is 9.60. The van der Waals surface area contributed by atoms with Gasteiger partial charge in [-0.1, -0.05) is 23.7 Å². The van der Waals surface area contributed by atoms with Crippen molar-refractivity contribution in [2.45, 2.75) is 32.0 Å². The number of piperidine rings is 1. The summed E-state index contributed by atoms with van der Waals surface area (Å²) in [4.78, 5) is 27.7. The quantitative estimate of drug-likeness (QED) is 0.659. The molecule has 1 aliphatic heterocycles. The van der Waals surface area contributed by atoms with Crippen molar-refractivity contribution < 1.29 is 27.5 Å². The highest BCUT2D eigenvalue weighted by Gasteiger charge is 2.38. The summed E-state index contributed by atoms with van der Waals surface area (Å²) >= 11 is 6.04. The van der Waals surface area contributed by atoms with Crippen LogP contribution in [-0.2, 0) is 14.3 Å². The molecule has 1 fully saturated rings. The molecule has 1 aromatic rings. The summed E-state index contributed by atoms with van der Waals surface area (Å²) in [5.41, 5.74) is 0.620. The minimum atomic E-state index is -4.45. The van der Waals surface area contributed by atoms with Crippen LogP contribution in [0.2, 0.25) is 5.02 Å². The van der Waals surface area contributed by atoms with Crippen molar-refractivity contribution in [2.24, 2.45) is 5.92 Å². The van der Waals surface area contributed by atoms with Crippen LogP contribution in [0.1, 0.15) is 31.4 Å². The standard InChI is InChI=1S/C19H24ClF3N2O3/c1-3-24(12-19(21,22)23)17(26)14-7-5-9-25(11-14)16(18(27)28-2)13-6-4-8-15(20)10-13/h4,6,8,10,14,16H,3,5,7,9,11-12H2,1-2H3/t14-,16+/m1/s1. The molecule has 0 spiro atoms. The van der Waals surface area contributed by atoms with Crippen molar-refractivity contribution in [3.8, 4) is 0 Å². The summed E-state index contributed by atoms with van der Waals surface area (Å²) in [5.74, 6) is -1.65. The van der Waals surface area contributed by atoms with Gasteiger partial charge in [-0.2, -0.15) is 13.2 Å². The van der Waals surface area contributed by atoms with Gasteiger partial charge in [-0.05, 0) is 44.0 Å². The molecule has 1 heterocycles. The Labute approximate surface area is 167 Å². The van der Waals surface area contributed by atoms with Crippen molar-refractivity contribution in [1.29, 1.82) is 0 Å². The van der Waals surface area contributed by atoms with Crippen LogP contribution in [0.25, 0.3) is 0 Å². The Morgan fingerprint density at radius 1 is 1.39 bits per heavy atom. The summed E-state index contributed by atoms with van der Waals surface area (Å²) < 4.78 is 43.2. The molecule has 28 heavy (non-hydrogen) atoms. The first-order valence-electron chi connectivity index (χ1n) is 9.09. The Kier molecular flexibility index (Phi) is 7.71. The van der Waals surface area contributed by atoms with Crippen molar-refractivity contribution in [2.75, 3.05) is 33.3 Å². The summed E-state index contributed by atoms with van der Waals surface area (Å²) in [6, 6.07) is 6.01. The topological polar surface area (TPSA) is 49.9 Å². The number of benzene rings is 1. The maximum absolute atomic E-state index is 12.8. The second-order valence-corrected chi connectivity index (χ2v) is 7.22. The van der Waals surface area contributed by atoms with Crippen molar-refractivity contribution in [3.05, 3.63) is 34.9 Å². The number of methoxy groups -OCH3 is 1. The van der Waals surface area contributed by atoms with Crippen LogP contribution in [0.3, 0.4) is 0 Å². The summed E-state index contributed by atoms with van der Waals surface area (Å²) in [6.45, 7) is 0.936. The van der Waals surface area contributed by atoms with E-state index in [0.717, 1.165) is 4.90 Å². The molecule has 0 bridgehead atoms. The first-order chi connectivity index (χ1) is 13.2. The molecular weight excluding hydrogens is 397 g/mol. The summed E-state index contributed by atoms with van der Waals surface area (Å²) in [7, 11) is 1.27. The number of rotatable bonds is 6. The first kappa shape index (κ1) is 22.5. The van der Waals surface area contributed by atoms with Gasteiger partial charge >= 0.3 is 12.1 Å². The molecule has 156 valence electrons. The van der Waals surface area contributed by atoms with Crippen LogP contribution in [-0.4, -0.2) is 61.1 Å². The Balaban J connectivity index is 2.21. The summed E-state index contributed by atoms with van der Waals surface area (Å²) in [6.07, 6.45) is -3.38. The average Bonchev–Trinajstić information content (AvgIpc) is 2.65. The van der Waals surface area contributed by atoms with Gasteiger partial charge in [0.1, 0.15) is 12.6 Å². The van der Waals surface area contributed by atoms with Gasteiger partial charge in [-0.25, -0.2) is 4.79 Å². The van der Waals surface area contributed by atoms with Crippen LogP contribution in [0.15, 0.2) is 24.3 Å². The van der Waals surface area contributed by atoms with Crippen molar-refractivity contribution in [3.63, 3.8) is 0 Å². The number of carbonyl (C=O) groups is 2. The number of esters is 1. The Hall–Kier alpha value is -1.80. The van der Waals surface area contributed by atoms with Gasteiger partial charge in [0.25, 0.3) is 0 Å². The van der Waals surface area contributed by atoms with Gasteiger partial charge < -0.3 is 9.64 Å². The lowest BCUT2D eigenvalue weighted by Crippen LogP contribution is -2.49. The van der Waals surface area contributed by atoms with Crippen molar-refractivity contribution >= 4 is 23.5 Å². The molecule has 0 aliphatic carbocycles. The van der Waals surface area contributed by atoms with Gasteiger partial charge in [-0.15, -0.1) is 0 Å². The fraction of sp³-hybridized carbons (Fsp3) is 0.579. The predicted molar refractivity (Wildman–Crippen MR) is 98.8 cm³/mol. The van der Waals surface area contributed by atoms with Crippen molar-refractivity contribution in [1.82, 2.24) is 9.80 Å². The molecule has 0 saturated carbocycles. The van der Waals surface area contributed by atoms with Gasteiger partial charge in [0.2, 0.25) is 5.91 Å². The molecule has 9 heteroatoms. The molecular formula is C19H24ClF3N2O3. The number of halogens is 4. The van der Waals surface area contributed by atoms with E-state index >= 15 is 0 Å². The van der Waals surface area contributed by atoms with Gasteiger partial charge in [-0.3, -0.25) is 9.69 Å². The summed E-state index contributed by atoms with van der Waals surface area (Å²) in [5, 5.41) is 0.457. The highest BCUT2D eigenvalue weighted by molar-refractivity contribution is 6.30. The average molecular weight is 421 g/mol. The SMILES string of the molecule is CCN(CC(F)(F)F)C(=O)[C@@H]1CCCN([C@H](C(=O)OC)c2cccc(Cl)c2)C1. The first-order valence-corrected chi connectivity index (χ1v) is 9.47. The zero-order valence-corrected chi connectivity index (χ0v) is 16.6. The lowest BCUT2D eigenvalue weighted by atomic mass is 9.93. The Morgan fingerprint density at radius 2 is 2.11 bits per heavy atom. The van der Waals surface area contributed by atoms with E-state index in [9.17, 15) is 22.8 Å². The minimum absolute atomic E-state index is 0.0242. The highest BCUT2D eigenvalue weighted by atomic mass is 35.5. The largest absolute Gasteiger partial charge is 0.468 e. The molecule has 1 amide bonds. The second-order valence-electron chi connectivity index (χ2n) is 6.78. The lowest BCUT2D eigenvalue weighted by Gasteiger charge is -2.38. The van der Waals surface area contributed by atoms with Crippen LogP contribution in [0.5, 0.6) is 0 Å².